The first kappa shape index (κ1) is 21.5. The van der Waals surface area contributed by atoms with Crippen molar-refractivity contribution in [3.05, 3.63) is 53.6 Å². The highest BCUT2D eigenvalue weighted by molar-refractivity contribution is 5.90. The highest BCUT2D eigenvalue weighted by atomic mass is 16.5. The van der Waals surface area contributed by atoms with Crippen molar-refractivity contribution in [1.82, 2.24) is 10.2 Å². The Labute approximate surface area is 178 Å². The van der Waals surface area contributed by atoms with Gasteiger partial charge in [-0.3, -0.25) is 9.79 Å². The van der Waals surface area contributed by atoms with Gasteiger partial charge in [0.1, 0.15) is 11.5 Å². The Bertz CT molecular complexity index is 896. The lowest BCUT2D eigenvalue weighted by Crippen LogP contribution is -2.39. The summed E-state index contributed by atoms with van der Waals surface area (Å²) in [5.41, 5.74) is 3.02. The van der Waals surface area contributed by atoms with Crippen molar-refractivity contribution in [3.63, 3.8) is 0 Å². The van der Waals surface area contributed by atoms with Crippen LogP contribution in [0.5, 0.6) is 11.5 Å². The summed E-state index contributed by atoms with van der Waals surface area (Å²) in [6.45, 7) is 3.97. The maximum absolute atomic E-state index is 11.4. The number of amides is 1. The van der Waals surface area contributed by atoms with Crippen molar-refractivity contribution < 1.29 is 14.3 Å². The van der Waals surface area contributed by atoms with Crippen LogP contribution in [0.3, 0.4) is 0 Å². The summed E-state index contributed by atoms with van der Waals surface area (Å²) < 4.78 is 10.6. The second-order valence-electron chi connectivity index (χ2n) is 7.32. The first-order valence-corrected chi connectivity index (χ1v) is 10.1. The first-order valence-electron chi connectivity index (χ1n) is 10.1. The normalized spacial score (nSPS) is 16.3. The lowest BCUT2D eigenvalue weighted by molar-refractivity contribution is -0.114. The van der Waals surface area contributed by atoms with Gasteiger partial charge in [-0.25, -0.2) is 0 Å². The third kappa shape index (κ3) is 5.23. The van der Waals surface area contributed by atoms with E-state index < -0.39 is 0 Å². The van der Waals surface area contributed by atoms with E-state index in [0.717, 1.165) is 36.8 Å². The van der Waals surface area contributed by atoms with E-state index in [0.29, 0.717) is 23.9 Å². The molecule has 1 heterocycles. The number of carbonyl (C=O) groups excluding carboxylic acids is 1. The molecule has 2 aromatic carbocycles. The van der Waals surface area contributed by atoms with E-state index in [1.54, 1.807) is 21.3 Å². The number of nitrogens with zero attached hydrogens (tertiary/aromatic N) is 2. The number of hydrogen-bond acceptors (Lipinski definition) is 4. The molecular formula is C23H30N4O3. The Morgan fingerprint density at radius 3 is 2.57 bits per heavy atom. The van der Waals surface area contributed by atoms with Crippen molar-refractivity contribution in [2.75, 3.05) is 39.7 Å². The molecule has 1 amide bonds. The summed E-state index contributed by atoms with van der Waals surface area (Å²) in [5.74, 6) is 2.74. The number of likely N-dealkylation sites (tertiary alicyclic amines) is 1. The molecule has 0 aliphatic carbocycles. The van der Waals surface area contributed by atoms with Gasteiger partial charge < -0.3 is 25.0 Å². The van der Waals surface area contributed by atoms with Crippen molar-refractivity contribution in [2.24, 2.45) is 4.99 Å². The lowest BCUT2D eigenvalue weighted by Gasteiger charge is -2.22. The number of carbonyl (C=O) groups is 1. The predicted octanol–water partition coefficient (Wildman–Crippen LogP) is 3.23. The fourth-order valence-electron chi connectivity index (χ4n) is 3.77. The molecule has 1 aliphatic rings. The topological polar surface area (TPSA) is 75.2 Å². The van der Waals surface area contributed by atoms with Gasteiger partial charge in [0.25, 0.3) is 0 Å². The van der Waals surface area contributed by atoms with Gasteiger partial charge in [-0.1, -0.05) is 18.2 Å². The quantitative estimate of drug-likeness (QED) is 0.565. The summed E-state index contributed by atoms with van der Waals surface area (Å²) in [4.78, 5) is 18.2. The van der Waals surface area contributed by atoms with Crippen LogP contribution in [0, 0.1) is 0 Å². The second kappa shape index (κ2) is 10.0. The van der Waals surface area contributed by atoms with E-state index >= 15 is 0 Å². The predicted molar refractivity (Wildman–Crippen MR) is 119 cm³/mol. The SMILES string of the molecule is CN=C(NCc1ccc(OC)c(NC(C)=O)c1)N1CCC(c2ccc(OC)cc2)C1. The number of rotatable bonds is 6. The highest BCUT2D eigenvalue weighted by Gasteiger charge is 2.26. The van der Waals surface area contributed by atoms with E-state index in [1.165, 1.54) is 12.5 Å². The monoisotopic (exact) mass is 410 g/mol. The zero-order valence-corrected chi connectivity index (χ0v) is 18.1. The molecule has 0 bridgehead atoms. The third-order valence-corrected chi connectivity index (χ3v) is 5.31. The molecular weight excluding hydrogens is 380 g/mol. The Balaban J connectivity index is 1.61. The molecule has 1 fully saturated rings. The minimum absolute atomic E-state index is 0.129. The Morgan fingerprint density at radius 1 is 1.17 bits per heavy atom. The van der Waals surface area contributed by atoms with Crippen LogP contribution in [0.4, 0.5) is 5.69 Å². The lowest BCUT2D eigenvalue weighted by atomic mass is 9.98. The molecule has 30 heavy (non-hydrogen) atoms. The molecule has 7 heteroatoms. The Kier molecular flexibility index (Phi) is 7.17. The summed E-state index contributed by atoms with van der Waals surface area (Å²) >= 11 is 0. The van der Waals surface area contributed by atoms with Crippen LogP contribution in [0.1, 0.15) is 30.4 Å². The highest BCUT2D eigenvalue weighted by Crippen LogP contribution is 2.29. The molecule has 1 saturated heterocycles. The standard InChI is InChI=1S/C23H30N4O3/c1-16(28)26-21-13-17(5-10-22(21)30-4)14-25-23(24-2)27-12-11-19(15-27)18-6-8-20(29-3)9-7-18/h5-10,13,19H,11-12,14-15H2,1-4H3,(H,24,25)(H,26,28). The smallest absolute Gasteiger partial charge is 0.221 e. The molecule has 3 rings (SSSR count). The van der Waals surface area contributed by atoms with Crippen LogP contribution in [0.25, 0.3) is 0 Å². The van der Waals surface area contributed by atoms with Crippen molar-refractivity contribution in [1.29, 1.82) is 0 Å². The van der Waals surface area contributed by atoms with Crippen molar-refractivity contribution in [2.45, 2.75) is 25.8 Å². The van der Waals surface area contributed by atoms with Gasteiger partial charge in [0.2, 0.25) is 5.91 Å². The van der Waals surface area contributed by atoms with Gasteiger partial charge in [-0.15, -0.1) is 0 Å². The number of aliphatic imine (C=N–C) groups is 1. The number of methoxy groups -OCH3 is 2. The van der Waals surface area contributed by atoms with Crippen LogP contribution in [-0.2, 0) is 11.3 Å². The van der Waals surface area contributed by atoms with Gasteiger partial charge in [-0.2, -0.15) is 0 Å². The Morgan fingerprint density at radius 2 is 1.93 bits per heavy atom. The number of hydrogen-bond donors (Lipinski definition) is 2. The van der Waals surface area contributed by atoms with Crippen molar-refractivity contribution in [3.8, 4) is 11.5 Å². The molecule has 0 aromatic heterocycles. The average molecular weight is 411 g/mol. The van der Waals surface area contributed by atoms with Crippen molar-refractivity contribution >= 4 is 17.6 Å². The number of benzene rings is 2. The molecule has 2 N–H and O–H groups in total. The molecule has 1 atom stereocenters. The number of guanidine groups is 1. The minimum atomic E-state index is -0.129. The van der Waals surface area contributed by atoms with Gasteiger partial charge >= 0.3 is 0 Å². The van der Waals surface area contributed by atoms with Crippen LogP contribution >= 0.6 is 0 Å². The van der Waals surface area contributed by atoms with Crippen LogP contribution in [-0.4, -0.2) is 51.1 Å². The van der Waals surface area contributed by atoms with E-state index in [1.807, 2.05) is 30.3 Å². The van der Waals surface area contributed by atoms with Crippen LogP contribution in [0.2, 0.25) is 0 Å². The molecule has 7 nitrogen and oxygen atoms in total. The fraction of sp³-hybridized carbons (Fsp3) is 0.391. The molecule has 1 unspecified atom stereocenters. The molecule has 0 saturated carbocycles. The zero-order chi connectivity index (χ0) is 21.5. The van der Waals surface area contributed by atoms with E-state index in [4.69, 9.17) is 9.47 Å². The fourth-order valence-corrected chi connectivity index (χ4v) is 3.77. The first-order chi connectivity index (χ1) is 14.5. The van der Waals surface area contributed by atoms with E-state index in [9.17, 15) is 4.79 Å². The maximum Gasteiger partial charge on any atom is 0.221 e. The Hall–Kier alpha value is -3.22. The average Bonchev–Trinajstić information content (AvgIpc) is 3.24. The number of nitrogens with one attached hydrogen (secondary N) is 2. The van der Waals surface area contributed by atoms with Gasteiger partial charge in [-0.05, 0) is 41.8 Å². The second-order valence-corrected chi connectivity index (χ2v) is 7.32. The molecule has 1 aliphatic heterocycles. The maximum atomic E-state index is 11.4. The molecule has 160 valence electrons. The van der Waals surface area contributed by atoms with Crippen LogP contribution < -0.4 is 20.1 Å². The van der Waals surface area contributed by atoms with E-state index in [-0.39, 0.29) is 5.91 Å². The molecule has 0 radical (unpaired) electrons. The molecule has 2 aromatic rings. The summed E-state index contributed by atoms with van der Waals surface area (Å²) in [7, 11) is 5.08. The zero-order valence-electron chi connectivity index (χ0n) is 18.1. The third-order valence-electron chi connectivity index (χ3n) is 5.31. The van der Waals surface area contributed by atoms with Gasteiger partial charge in [0.15, 0.2) is 5.96 Å². The summed E-state index contributed by atoms with van der Waals surface area (Å²) in [6, 6.07) is 14.1. The van der Waals surface area contributed by atoms with Gasteiger partial charge in [0.05, 0.1) is 19.9 Å². The minimum Gasteiger partial charge on any atom is -0.497 e. The van der Waals surface area contributed by atoms with Gasteiger partial charge in [0, 0.05) is 39.5 Å². The summed E-state index contributed by atoms with van der Waals surface area (Å²) in [6.07, 6.45) is 1.09. The molecule has 0 spiro atoms. The number of anilines is 1. The largest absolute Gasteiger partial charge is 0.497 e. The van der Waals surface area contributed by atoms with Crippen LogP contribution in [0.15, 0.2) is 47.5 Å². The number of ether oxygens (including phenoxy) is 2. The summed E-state index contributed by atoms with van der Waals surface area (Å²) in [5, 5.41) is 6.25. The van der Waals surface area contributed by atoms with E-state index in [2.05, 4.69) is 32.7 Å².